The first-order chi connectivity index (χ1) is 8.15. The lowest BCUT2D eigenvalue weighted by Crippen LogP contribution is -2.33. The fourth-order valence-electron chi connectivity index (χ4n) is 1.96. The van der Waals surface area contributed by atoms with Crippen molar-refractivity contribution in [3.8, 4) is 0 Å². The predicted octanol–water partition coefficient (Wildman–Crippen LogP) is 1.31. The summed E-state index contributed by atoms with van der Waals surface area (Å²) in [6, 6.07) is 7.41. The van der Waals surface area contributed by atoms with Crippen LogP contribution in [-0.2, 0) is 4.79 Å². The average Bonchev–Trinajstić information content (AvgIpc) is 2.67. The van der Waals surface area contributed by atoms with Gasteiger partial charge in [0.15, 0.2) is 0 Å². The smallest absolute Gasteiger partial charge is 0.238 e. The molecule has 1 saturated heterocycles. The fraction of sp³-hybridized carbons (Fsp3) is 0.417. The maximum Gasteiger partial charge on any atom is 0.238 e. The SMILES string of the molecule is NC1CCN(CC(=O)Nc2ccccc2Cl)C1. The zero-order chi connectivity index (χ0) is 12.3. The van der Waals surface area contributed by atoms with Gasteiger partial charge in [-0.15, -0.1) is 0 Å². The molecule has 0 radical (unpaired) electrons. The summed E-state index contributed by atoms with van der Waals surface area (Å²) in [5, 5.41) is 3.35. The average molecular weight is 254 g/mol. The zero-order valence-corrected chi connectivity index (χ0v) is 10.3. The number of benzene rings is 1. The van der Waals surface area contributed by atoms with E-state index in [9.17, 15) is 4.79 Å². The standard InChI is InChI=1S/C12H16ClN3O/c13-10-3-1-2-4-11(10)15-12(17)8-16-6-5-9(14)7-16/h1-4,9H,5-8,14H2,(H,15,17). The van der Waals surface area contributed by atoms with Crippen LogP contribution in [0.2, 0.25) is 5.02 Å². The highest BCUT2D eigenvalue weighted by molar-refractivity contribution is 6.33. The number of hydrogen-bond acceptors (Lipinski definition) is 3. The number of para-hydroxylation sites is 1. The molecule has 1 aromatic carbocycles. The molecule has 1 fully saturated rings. The van der Waals surface area contributed by atoms with Crippen molar-refractivity contribution in [2.24, 2.45) is 5.73 Å². The van der Waals surface area contributed by atoms with E-state index in [0.29, 0.717) is 17.3 Å². The van der Waals surface area contributed by atoms with Gasteiger partial charge in [0.05, 0.1) is 17.3 Å². The Hall–Kier alpha value is -1.10. The summed E-state index contributed by atoms with van der Waals surface area (Å²) in [6.45, 7) is 2.05. The Kier molecular flexibility index (Phi) is 3.99. The van der Waals surface area contributed by atoms with Gasteiger partial charge in [-0.25, -0.2) is 0 Å². The Morgan fingerprint density at radius 1 is 1.53 bits per heavy atom. The third-order valence-electron chi connectivity index (χ3n) is 2.82. The highest BCUT2D eigenvalue weighted by Crippen LogP contribution is 2.20. The normalized spacial score (nSPS) is 20.5. The van der Waals surface area contributed by atoms with Crippen LogP contribution in [0.25, 0.3) is 0 Å². The van der Waals surface area contributed by atoms with E-state index < -0.39 is 0 Å². The largest absolute Gasteiger partial charge is 0.326 e. The van der Waals surface area contributed by atoms with E-state index in [1.54, 1.807) is 12.1 Å². The number of carbonyl (C=O) groups is 1. The maximum absolute atomic E-state index is 11.8. The van der Waals surface area contributed by atoms with Gasteiger partial charge in [0.2, 0.25) is 5.91 Å². The Balaban J connectivity index is 1.87. The van der Waals surface area contributed by atoms with E-state index in [0.717, 1.165) is 19.5 Å². The van der Waals surface area contributed by atoms with E-state index in [1.165, 1.54) is 0 Å². The summed E-state index contributed by atoms with van der Waals surface area (Å²) >= 11 is 5.96. The van der Waals surface area contributed by atoms with Gasteiger partial charge in [0, 0.05) is 19.1 Å². The molecule has 1 aliphatic rings. The molecule has 0 saturated carbocycles. The van der Waals surface area contributed by atoms with E-state index in [2.05, 4.69) is 10.2 Å². The third-order valence-corrected chi connectivity index (χ3v) is 3.15. The van der Waals surface area contributed by atoms with Gasteiger partial charge in [0.1, 0.15) is 0 Å². The minimum absolute atomic E-state index is 0.0489. The van der Waals surface area contributed by atoms with Crippen LogP contribution in [0.1, 0.15) is 6.42 Å². The second-order valence-electron chi connectivity index (χ2n) is 4.31. The molecular weight excluding hydrogens is 238 g/mol. The number of rotatable bonds is 3. The van der Waals surface area contributed by atoms with Crippen molar-refractivity contribution in [2.75, 3.05) is 25.0 Å². The molecular formula is C12H16ClN3O. The molecule has 1 aromatic rings. The van der Waals surface area contributed by atoms with Crippen LogP contribution in [0, 0.1) is 0 Å². The number of hydrogen-bond donors (Lipinski definition) is 2. The molecule has 0 aromatic heterocycles. The molecule has 0 bridgehead atoms. The van der Waals surface area contributed by atoms with Crippen molar-refractivity contribution < 1.29 is 4.79 Å². The fourth-order valence-corrected chi connectivity index (χ4v) is 2.14. The van der Waals surface area contributed by atoms with Crippen molar-refractivity contribution in [1.29, 1.82) is 0 Å². The molecule has 5 heteroatoms. The molecule has 92 valence electrons. The van der Waals surface area contributed by atoms with Crippen LogP contribution in [0.4, 0.5) is 5.69 Å². The molecule has 3 N–H and O–H groups in total. The number of nitrogens with zero attached hydrogens (tertiary/aromatic N) is 1. The molecule has 0 aliphatic carbocycles. The van der Waals surface area contributed by atoms with Crippen molar-refractivity contribution in [1.82, 2.24) is 4.90 Å². The molecule has 1 amide bonds. The number of nitrogens with one attached hydrogen (secondary N) is 1. The topological polar surface area (TPSA) is 58.4 Å². The van der Waals surface area contributed by atoms with Crippen LogP contribution >= 0.6 is 11.6 Å². The lowest BCUT2D eigenvalue weighted by atomic mass is 10.3. The first-order valence-electron chi connectivity index (χ1n) is 5.67. The molecule has 1 unspecified atom stereocenters. The van der Waals surface area contributed by atoms with Crippen LogP contribution in [0.5, 0.6) is 0 Å². The Bertz CT molecular complexity index is 410. The predicted molar refractivity (Wildman–Crippen MR) is 69.1 cm³/mol. The highest BCUT2D eigenvalue weighted by Gasteiger charge is 2.21. The van der Waals surface area contributed by atoms with Gasteiger partial charge < -0.3 is 11.1 Å². The van der Waals surface area contributed by atoms with Crippen LogP contribution in [0.3, 0.4) is 0 Å². The van der Waals surface area contributed by atoms with Gasteiger partial charge in [0.25, 0.3) is 0 Å². The molecule has 4 nitrogen and oxygen atoms in total. The Morgan fingerprint density at radius 3 is 2.94 bits per heavy atom. The molecule has 0 spiro atoms. The van der Waals surface area contributed by atoms with Crippen LogP contribution in [0.15, 0.2) is 24.3 Å². The van der Waals surface area contributed by atoms with E-state index in [1.807, 2.05) is 12.1 Å². The van der Waals surface area contributed by atoms with Crippen molar-refractivity contribution in [3.05, 3.63) is 29.3 Å². The molecule has 2 rings (SSSR count). The van der Waals surface area contributed by atoms with Gasteiger partial charge in [-0.05, 0) is 18.6 Å². The van der Waals surface area contributed by atoms with Gasteiger partial charge in [-0.2, -0.15) is 0 Å². The van der Waals surface area contributed by atoms with Crippen molar-refractivity contribution in [2.45, 2.75) is 12.5 Å². The zero-order valence-electron chi connectivity index (χ0n) is 9.53. The Labute approximate surface area is 106 Å². The summed E-state index contributed by atoms with van der Waals surface area (Å²) in [5.74, 6) is -0.0489. The summed E-state index contributed by atoms with van der Waals surface area (Å²) in [6.07, 6.45) is 0.958. The van der Waals surface area contributed by atoms with Crippen LogP contribution in [-0.4, -0.2) is 36.5 Å². The number of halogens is 1. The van der Waals surface area contributed by atoms with Crippen LogP contribution < -0.4 is 11.1 Å². The molecule has 1 heterocycles. The number of amides is 1. The minimum atomic E-state index is -0.0489. The molecule has 1 aliphatic heterocycles. The second-order valence-corrected chi connectivity index (χ2v) is 4.72. The number of likely N-dealkylation sites (tertiary alicyclic amines) is 1. The van der Waals surface area contributed by atoms with Gasteiger partial charge in [-0.3, -0.25) is 9.69 Å². The van der Waals surface area contributed by atoms with E-state index >= 15 is 0 Å². The first-order valence-corrected chi connectivity index (χ1v) is 6.05. The van der Waals surface area contributed by atoms with Gasteiger partial charge in [-0.1, -0.05) is 23.7 Å². The van der Waals surface area contributed by atoms with Crippen molar-refractivity contribution in [3.63, 3.8) is 0 Å². The summed E-state index contributed by atoms with van der Waals surface area (Å²) < 4.78 is 0. The Morgan fingerprint density at radius 2 is 2.29 bits per heavy atom. The second kappa shape index (κ2) is 5.49. The summed E-state index contributed by atoms with van der Waals surface area (Å²) in [4.78, 5) is 13.8. The number of nitrogens with two attached hydrogens (primary N) is 1. The first kappa shape index (κ1) is 12.4. The highest BCUT2D eigenvalue weighted by atomic mass is 35.5. The van der Waals surface area contributed by atoms with Gasteiger partial charge >= 0.3 is 0 Å². The van der Waals surface area contributed by atoms with Crippen molar-refractivity contribution >= 4 is 23.2 Å². The lowest BCUT2D eigenvalue weighted by Gasteiger charge is -2.15. The lowest BCUT2D eigenvalue weighted by molar-refractivity contribution is -0.117. The maximum atomic E-state index is 11.8. The quantitative estimate of drug-likeness (QED) is 0.854. The molecule has 1 atom stereocenters. The monoisotopic (exact) mass is 253 g/mol. The number of carbonyl (C=O) groups excluding carboxylic acids is 1. The summed E-state index contributed by atoms with van der Waals surface area (Å²) in [7, 11) is 0. The van der Waals surface area contributed by atoms with E-state index in [-0.39, 0.29) is 11.9 Å². The van der Waals surface area contributed by atoms with E-state index in [4.69, 9.17) is 17.3 Å². The summed E-state index contributed by atoms with van der Waals surface area (Å²) in [5.41, 5.74) is 6.44. The third kappa shape index (κ3) is 3.43. The minimum Gasteiger partial charge on any atom is -0.326 e. The molecule has 17 heavy (non-hydrogen) atoms. The number of anilines is 1.